The summed E-state index contributed by atoms with van der Waals surface area (Å²) >= 11 is 0. The lowest BCUT2D eigenvalue weighted by molar-refractivity contribution is 0.0522. The first-order chi connectivity index (χ1) is 7.84. The molecule has 3 nitrogen and oxygen atoms in total. The van der Waals surface area contributed by atoms with Gasteiger partial charge in [0.15, 0.2) is 0 Å². The molecule has 2 aliphatic rings. The standard InChI is InChI=1S/C13H25NO2/c1-11(9-12-4-7-15-8-5-12)14-13-3-2-6-16-10-13/h11-14H,2-10H2,1H3. The lowest BCUT2D eigenvalue weighted by Gasteiger charge is -2.30. The van der Waals surface area contributed by atoms with Crippen molar-refractivity contribution in [3.63, 3.8) is 0 Å². The van der Waals surface area contributed by atoms with Crippen LogP contribution in [0.1, 0.15) is 39.0 Å². The molecule has 2 heterocycles. The summed E-state index contributed by atoms with van der Waals surface area (Å²) in [5.74, 6) is 0.862. The first kappa shape index (κ1) is 12.3. The van der Waals surface area contributed by atoms with Gasteiger partial charge in [-0.1, -0.05) is 0 Å². The predicted octanol–water partition coefficient (Wildman–Crippen LogP) is 1.96. The molecule has 0 aromatic rings. The van der Waals surface area contributed by atoms with Gasteiger partial charge in [0.25, 0.3) is 0 Å². The van der Waals surface area contributed by atoms with Crippen LogP contribution in [0.2, 0.25) is 0 Å². The predicted molar refractivity (Wildman–Crippen MR) is 64.6 cm³/mol. The fourth-order valence-corrected chi connectivity index (χ4v) is 2.82. The largest absolute Gasteiger partial charge is 0.381 e. The van der Waals surface area contributed by atoms with Crippen LogP contribution in [0.15, 0.2) is 0 Å². The minimum absolute atomic E-state index is 0.587. The number of ether oxygens (including phenoxy) is 2. The summed E-state index contributed by atoms with van der Waals surface area (Å²) < 4.78 is 10.9. The summed E-state index contributed by atoms with van der Waals surface area (Å²) in [4.78, 5) is 0. The first-order valence-corrected chi connectivity index (χ1v) is 6.76. The fourth-order valence-electron chi connectivity index (χ4n) is 2.82. The van der Waals surface area contributed by atoms with Crippen LogP contribution in [0.5, 0.6) is 0 Å². The molecule has 0 aromatic carbocycles. The number of hydrogen-bond acceptors (Lipinski definition) is 3. The van der Waals surface area contributed by atoms with Crippen molar-refractivity contribution < 1.29 is 9.47 Å². The zero-order valence-electron chi connectivity index (χ0n) is 10.4. The van der Waals surface area contributed by atoms with Crippen LogP contribution in [0, 0.1) is 5.92 Å². The van der Waals surface area contributed by atoms with Crippen LogP contribution in [0.25, 0.3) is 0 Å². The molecule has 2 aliphatic heterocycles. The Morgan fingerprint density at radius 3 is 2.62 bits per heavy atom. The fraction of sp³-hybridized carbons (Fsp3) is 1.00. The van der Waals surface area contributed by atoms with Crippen molar-refractivity contribution in [1.29, 1.82) is 0 Å². The first-order valence-electron chi connectivity index (χ1n) is 6.76. The van der Waals surface area contributed by atoms with Gasteiger partial charge in [-0.05, 0) is 44.9 Å². The van der Waals surface area contributed by atoms with Crippen LogP contribution in [-0.4, -0.2) is 38.5 Å². The molecule has 16 heavy (non-hydrogen) atoms. The van der Waals surface area contributed by atoms with Crippen molar-refractivity contribution in [1.82, 2.24) is 5.32 Å². The SMILES string of the molecule is CC(CC1CCOCC1)NC1CCCOC1. The molecule has 94 valence electrons. The van der Waals surface area contributed by atoms with Crippen LogP contribution in [0.4, 0.5) is 0 Å². The van der Waals surface area contributed by atoms with E-state index in [1.807, 2.05) is 0 Å². The lowest BCUT2D eigenvalue weighted by atomic mass is 9.92. The maximum absolute atomic E-state index is 5.49. The van der Waals surface area contributed by atoms with E-state index in [-0.39, 0.29) is 0 Å². The molecule has 2 rings (SSSR count). The van der Waals surface area contributed by atoms with E-state index in [1.54, 1.807) is 0 Å². The minimum Gasteiger partial charge on any atom is -0.381 e. The topological polar surface area (TPSA) is 30.5 Å². The average Bonchev–Trinajstić information content (AvgIpc) is 2.31. The normalized spacial score (nSPS) is 30.2. The highest BCUT2D eigenvalue weighted by atomic mass is 16.5. The third-order valence-electron chi connectivity index (χ3n) is 3.71. The molecule has 0 saturated carbocycles. The molecule has 0 amide bonds. The van der Waals surface area contributed by atoms with Crippen LogP contribution < -0.4 is 5.32 Å². The Kier molecular flexibility index (Phi) is 5.07. The van der Waals surface area contributed by atoms with Crippen molar-refractivity contribution in [3.05, 3.63) is 0 Å². The van der Waals surface area contributed by atoms with E-state index in [1.165, 1.54) is 32.1 Å². The van der Waals surface area contributed by atoms with Gasteiger partial charge in [0, 0.05) is 31.9 Å². The zero-order valence-corrected chi connectivity index (χ0v) is 10.4. The van der Waals surface area contributed by atoms with Gasteiger partial charge in [-0.3, -0.25) is 0 Å². The van der Waals surface area contributed by atoms with Gasteiger partial charge in [-0.2, -0.15) is 0 Å². The summed E-state index contributed by atoms with van der Waals surface area (Å²) in [6.45, 7) is 6.09. The van der Waals surface area contributed by atoms with E-state index in [0.29, 0.717) is 12.1 Å². The molecule has 2 saturated heterocycles. The second kappa shape index (κ2) is 6.58. The molecule has 0 aliphatic carbocycles. The van der Waals surface area contributed by atoms with Gasteiger partial charge in [0.2, 0.25) is 0 Å². The van der Waals surface area contributed by atoms with E-state index >= 15 is 0 Å². The van der Waals surface area contributed by atoms with E-state index in [4.69, 9.17) is 9.47 Å². The third kappa shape index (κ3) is 4.04. The Morgan fingerprint density at radius 1 is 1.12 bits per heavy atom. The lowest BCUT2D eigenvalue weighted by Crippen LogP contribution is -2.42. The van der Waals surface area contributed by atoms with Gasteiger partial charge in [-0.15, -0.1) is 0 Å². The molecular weight excluding hydrogens is 202 g/mol. The Bertz CT molecular complexity index is 166. The molecule has 0 aromatic heterocycles. The van der Waals surface area contributed by atoms with Gasteiger partial charge < -0.3 is 14.8 Å². The highest BCUT2D eigenvalue weighted by Gasteiger charge is 2.20. The van der Waals surface area contributed by atoms with E-state index < -0.39 is 0 Å². The highest BCUT2D eigenvalue weighted by molar-refractivity contribution is 4.76. The van der Waals surface area contributed by atoms with E-state index in [0.717, 1.165) is 32.3 Å². The number of hydrogen-bond donors (Lipinski definition) is 1. The van der Waals surface area contributed by atoms with E-state index in [9.17, 15) is 0 Å². The number of rotatable bonds is 4. The summed E-state index contributed by atoms with van der Waals surface area (Å²) in [7, 11) is 0. The molecule has 0 spiro atoms. The van der Waals surface area contributed by atoms with Gasteiger partial charge >= 0.3 is 0 Å². The van der Waals surface area contributed by atoms with Crippen LogP contribution in [0.3, 0.4) is 0 Å². The molecule has 0 bridgehead atoms. The molecule has 3 heteroatoms. The minimum atomic E-state index is 0.587. The second-order valence-corrected chi connectivity index (χ2v) is 5.27. The van der Waals surface area contributed by atoms with Gasteiger partial charge in [0.05, 0.1) is 6.61 Å². The summed E-state index contributed by atoms with van der Waals surface area (Å²) in [5, 5.41) is 3.70. The Morgan fingerprint density at radius 2 is 1.94 bits per heavy atom. The zero-order chi connectivity index (χ0) is 11.2. The van der Waals surface area contributed by atoms with Crippen molar-refractivity contribution in [2.75, 3.05) is 26.4 Å². The highest BCUT2D eigenvalue weighted by Crippen LogP contribution is 2.20. The maximum Gasteiger partial charge on any atom is 0.0619 e. The van der Waals surface area contributed by atoms with Gasteiger partial charge in [-0.25, -0.2) is 0 Å². The molecule has 2 atom stereocenters. The maximum atomic E-state index is 5.49. The Hall–Kier alpha value is -0.120. The molecular formula is C13H25NO2. The number of nitrogens with one attached hydrogen (secondary N) is 1. The van der Waals surface area contributed by atoms with Crippen molar-refractivity contribution in [2.24, 2.45) is 5.92 Å². The summed E-state index contributed by atoms with van der Waals surface area (Å²) in [6.07, 6.45) is 6.26. The van der Waals surface area contributed by atoms with Crippen LogP contribution >= 0.6 is 0 Å². The monoisotopic (exact) mass is 227 g/mol. The van der Waals surface area contributed by atoms with E-state index in [2.05, 4.69) is 12.2 Å². The molecule has 1 N–H and O–H groups in total. The molecule has 2 fully saturated rings. The summed E-state index contributed by atoms with van der Waals surface area (Å²) in [6, 6.07) is 1.21. The third-order valence-corrected chi connectivity index (χ3v) is 3.71. The van der Waals surface area contributed by atoms with Crippen molar-refractivity contribution >= 4 is 0 Å². The molecule has 2 unspecified atom stereocenters. The summed E-state index contributed by atoms with van der Waals surface area (Å²) in [5.41, 5.74) is 0. The smallest absolute Gasteiger partial charge is 0.0619 e. The van der Waals surface area contributed by atoms with Crippen LogP contribution in [-0.2, 0) is 9.47 Å². The van der Waals surface area contributed by atoms with Crippen molar-refractivity contribution in [2.45, 2.75) is 51.1 Å². The van der Waals surface area contributed by atoms with Gasteiger partial charge in [0.1, 0.15) is 0 Å². The Balaban J connectivity index is 1.64. The van der Waals surface area contributed by atoms with Crippen molar-refractivity contribution in [3.8, 4) is 0 Å². The second-order valence-electron chi connectivity index (χ2n) is 5.27. The molecule has 0 radical (unpaired) electrons. The average molecular weight is 227 g/mol. The quantitative estimate of drug-likeness (QED) is 0.796. The Labute approximate surface area is 98.9 Å².